The fourth-order valence-corrected chi connectivity index (χ4v) is 3.75. The van der Waals surface area contributed by atoms with Gasteiger partial charge in [0.15, 0.2) is 0 Å². The predicted octanol–water partition coefficient (Wildman–Crippen LogP) is 1.07. The molecule has 2 aliphatic rings. The molecule has 2 aliphatic heterocycles. The van der Waals surface area contributed by atoms with Crippen LogP contribution in [0.25, 0.3) is 0 Å². The van der Waals surface area contributed by atoms with E-state index in [9.17, 15) is 4.79 Å². The third-order valence-electron chi connectivity index (χ3n) is 5.24. The molecule has 2 fully saturated rings. The van der Waals surface area contributed by atoms with Crippen LogP contribution in [-0.2, 0) is 4.79 Å². The van der Waals surface area contributed by atoms with Gasteiger partial charge in [-0.05, 0) is 59.5 Å². The lowest BCUT2D eigenvalue weighted by Crippen LogP contribution is -2.52. The molecule has 128 valence electrons. The van der Waals surface area contributed by atoms with Crippen molar-refractivity contribution in [1.82, 2.24) is 15.1 Å². The first-order chi connectivity index (χ1) is 10.4. The molecular weight excluding hydrogens is 278 g/mol. The van der Waals surface area contributed by atoms with Gasteiger partial charge in [-0.25, -0.2) is 0 Å². The molecule has 0 aromatic heterocycles. The number of hydrogen-bond acceptors (Lipinski definition) is 4. The van der Waals surface area contributed by atoms with Crippen LogP contribution in [0, 0.1) is 5.92 Å². The van der Waals surface area contributed by atoms with Gasteiger partial charge in [-0.3, -0.25) is 9.69 Å². The van der Waals surface area contributed by atoms with Crippen LogP contribution in [0.5, 0.6) is 0 Å². The Kier molecular flexibility index (Phi) is 6.24. The Bertz CT molecular complexity index is 351. The van der Waals surface area contributed by atoms with Crippen molar-refractivity contribution in [3.63, 3.8) is 0 Å². The van der Waals surface area contributed by atoms with E-state index in [1.165, 1.54) is 25.9 Å². The quantitative estimate of drug-likeness (QED) is 0.815. The summed E-state index contributed by atoms with van der Waals surface area (Å²) in [5, 5.41) is 11.6. The van der Waals surface area contributed by atoms with Gasteiger partial charge in [0.05, 0.1) is 6.61 Å². The molecule has 0 aromatic carbocycles. The van der Waals surface area contributed by atoms with Crippen molar-refractivity contribution in [2.24, 2.45) is 5.92 Å². The van der Waals surface area contributed by atoms with E-state index in [1.807, 2.05) is 0 Å². The third kappa shape index (κ3) is 4.67. The van der Waals surface area contributed by atoms with Crippen LogP contribution < -0.4 is 5.32 Å². The lowest BCUT2D eigenvalue weighted by molar-refractivity contribution is -0.126. The summed E-state index contributed by atoms with van der Waals surface area (Å²) in [5.41, 5.74) is 0.281. The molecule has 0 saturated carbocycles. The SMILES string of the molecule is CC(C)(C)N1CCC(N2CCC(C(=O)NCCO)CC2)CC1. The van der Waals surface area contributed by atoms with Crippen molar-refractivity contribution < 1.29 is 9.90 Å². The molecule has 0 unspecified atom stereocenters. The number of carbonyl (C=O) groups is 1. The maximum absolute atomic E-state index is 11.9. The van der Waals surface area contributed by atoms with Gasteiger partial charge in [0.2, 0.25) is 5.91 Å². The van der Waals surface area contributed by atoms with Crippen molar-refractivity contribution in [1.29, 1.82) is 0 Å². The van der Waals surface area contributed by atoms with E-state index in [0.29, 0.717) is 12.6 Å². The molecule has 1 amide bonds. The molecule has 2 saturated heterocycles. The maximum atomic E-state index is 11.9. The Labute approximate surface area is 135 Å². The summed E-state index contributed by atoms with van der Waals surface area (Å²) in [5.74, 6) is 0.258. The highest BCUT2D eigenvalue weighted by atomic mass is 16.3. The van der Waals surface area contributed by atoms with Crippen LogP contribution in [0.3, 0.4) is 0 Å². The van der Waals surface area contributed by atoms with Crippen LogP contribution in [0.1, 0.15) is 46.5 Å². The number of amides is 1. The van der Waals surface area contributed by atoms with E-state index < -0.39 is 0 Å². The lowest BCUT2D eigenvalue weighted by Gasteiger charge is -2.45. The number of piperidine rings is 2. The Morgan fingerprint density at radius 3 is 2.18 bits per heavy atom. The number of carbonyl (C=O) groups excluding carboxylic acids is 1. The number of likely N-dealkylation sites (tertiary alicyclic amines) is 2. The molecule has 2 heterocycles. The smallest absolute Gasteiger partial charge is 0.223 e. The van der Waals surface area contributed by atoms with Crippen LogP contribution in [0.4, 0.5) is 0 Å². The fraction of sp³-hybridized carbons (Fsp3) is 0.941. The van der Waals surface area contributed by atoms with E-state index in [0.717, 1.165) is 25.9 Å². The highest BCUT2D eigenvalue weighted by molar-refractivity contribution is 5.78. The maximum Gasteiger partial charge on any atom is 0.223 e. The first-order valence-corrected chi connectivity index (χ1v) is 8.79. The molecule has 0 radical (unpaired) electrons. The molecule has 0 bridgehead atoms. The summed E-state index contributed by atoms with van der Waals surface area (Å²) < 4.78 is 0. The zero-order valence-electron chi connectivity index (χ0n) is 14.5. The summed E-state index contributed by atoms with van der Waals surface area (Å²) in [6.07, 6.45) is 4.41. The van der Waals surface area contributed by atoms with Gasteiger partial charge in [-0.1, -0.05) is 0 Å². The second-order valence-corrected chi connectivity index (χ2v) is 7.71. The number of hydrogen-bond donors (Lipinski definition) is 2. The minimum absolute atomic E-state index is 0.0247. The van der Waals surface area contributed by atoms with Crippen LogP contribution >= 0.6 is 0 Å². The van der Waals surface area contributed by atoms with Gasteiger partial charge in [-0.15, -0.1) is 0 Å². The van der Waals surface area contributed by atoms with Gasteiger partial charge < -0.3 is 15.3 Å². The molecule has 22 heavy (non-hydrogen) atoms. The second kappa shape index (κ2) is 7.75. The summed E-state index contributed by atoms with van der Waals surface area (Å²) >= 11 is 0. The first kappa shape index (κ1) is 17.7. The second-order valence-electron chi connectivity index (χ2n) is 7.71. The minimum atomic E-state index is 0.0247. The summed E-state index contributed by atoms with van der Waals surface area (Å²) in [7, 11) is 0. The molecule has 0 spiro atoms. The molecule has 0 aromatic rings. The summed E-state index contributed by atoms with van der Waals surface area (Å²) in [6.45, 7) is 11.7. The first-order valence-electron chi connectivity index (χ1n) is 8.79. The molecule has 0 atom stereocenters. The average Bonchev–Trinajstić information content (AvgIpc) is 2.52. The van der Waals surface area contributed by atoms with Gasteiger partial charge in [0, 0.05) is 37.1 Å². The number of nitrogens with zero attached hydrogens (tertiary/aromatic N) is 2. The fourth-order valence-electron chi connectivity index (χ4n) is 3.75. The highest BCUT2D eigenvalue weighted by Gasteiger charge is 2.32. The molecule has 5 nitrogen and oxygen atoms in total. The average molecular weight is 311 g/mol. The highest BCUT2D eigenvalue weighted by Crippen LogP contribution is 2.26. The monoisotopic (exact) mass is 311 g/mol. The Morgan fingerprint density at radius 1 is 1.09 bits per heavy atom. The lowest BCUT2D eigenvalue weighted by atomic mass is 9.91. The van der Waals surface area contributed by atoms with E-state index >= 15 is 0 Å². The Hall–Kier alpha value is -0.650. The van der Waals surface area contributed by atoms with E-state index in [2.05, 4.69) is 35.9 Å². The minimum Gasteiger partial charge on any atom is -0.395 e. The number of nitrogens with one attached hydrogen (secondary N) is 1. The van der Waals surface area contributed by atoms with Crippen molar-refractivity contribution in [3.05, 3.63) is 0 Å². The zero-order valence-corrected chi connectivity index (χ0v) is 14.5. The largest absolute Gasteiger partial charge is 0.395 e. The molecule has 2 rings (SSSR count). The summed E-state index contributed by atoms with van der Waals surface area (Å²) in [6, 6.07) is 0.694. The summed E-state index contributed by atoms with van der Waals surface area (Å²) in [4.78, 5) is 17.1. The van der Waals surface area contributed by atoms with E-state index in [1.54, 1.807) is 0 Å². The van der Waals surface area contributed by atoms with Crippen molar-refractivity contribution in [2.45, 2.75) is 58.0 Å². The normalized spacial score (nSPS) is 23.6. The van der Waals surface area contributed by atoms with Crippen molar-refractivity contribution >= 4 is 5.91 Å². The van der Waals surface area contributed by atoms with Gasteiger partial charge in [0.25, 0.3) is 0 Å². The van der Waals surface area contributed by atoms with E-state index in [4.69, 9.17) is 5.11 Å². The molecule has 5 heteroatoms. The number of aliphatic hydroxyl groups is 1. The number of rotatable bonds is 4. The Morgan fingerprint density at radius 2 is 1.68 bits per heavy atom. The van der Waals surface area contributed by atoms with Crippen molar-refractivity contribution in [3.8, 4) is 0 Å². The third-order valence-corrected chi connectivity index (χ3v) is 5.24. The molecular formula is C17H33N3O2. The molecule has 2 N–H and O–H groups in total. The predicted molar refractivity (Wildman–Crippen MR) is 88.7 cm³/mol. The van der Waals surface area contributed by atoms with Crippen LogP contribution in [0.15, 0.2) is 0 Å². The Balaban J connectivity index is 1.73. The van der Waals surface area contributed by atoms with Crippen LogP contribution in [-0.4, -0.2) is 71.7 Å². The number of aliphatic hydroxyl groups excluding tert-OH is 1. The van der Waals surface area contributed by atoms with E-state index in [-0.39, 0.29) is 24.0 Å². The zero-order chi connectivity index (χ0) is 16.2. The van der Waals surface area contributed by atoms with Gasteiger partial charge in [-0.2, -0.15) is 0 Å². The molecule has 0 aliphatic carbocycles. The van der Waals surface area contributed by atoms with Gasteiger partial charge in [0.1, 0.15) is 0 Å². The van der Waals surface area contributed by atoms with Crippen molar-refractivity contribution in [2.75, 3.05) is 39.3 Å². The van der Waals surface area contributed by atoms with Gasteiger partial charge >= 0.3 is 0 Å². The standard InChI is InChI=1S/C17H33N3O2/c1-17(2,3)20-11-6-15(7-12-20)19-9-4-14(5-10-19)16(22)18-8-13-21/h14-15,21H,4-13H2,1-3H3,(H,18,22). The topological polar surface area (TPSA) is 55.8 Å². The van der Waals surface area contributed by atoms with Crippen LogP contribution in [0.2, 0.25) is 0 Å².